The molecule has 2 aromatic carbocycles. The molecule has 3 N–H and O–H groups in total. The average molecular weight is 399 g/mol. The predicted octanol–water partition coefficient (Wildman–Crippen LogP) is 4.23. The fourth-order valence-electron chi connectivity index (χ4n) is 3.42. The fourth-order valence-corrected chi connectivity index (χ4v) is 3.42. The molecule has 0 bridgehead atoms. The molecule has 0 unspecified atom stereocenters. The van der Waals surface area contributed by atoms with E-state index in [4.69, 9.17) is 4.74 Å². The van der Waals surface area contributed by atoms with Gasteiger partial charge in [0.2, 0.25) is 0 Å². The van der Waals surface area contributed by atoms with Crippen molar-refractivity contribution in [3.8, 4) is 0 Å². The summed E-state index contributed by atoms with van der Waals surface area (Å²) in [6.45, 7) is 0.558. The van der Waals surface area contributed by atoms with Crippen LogP contribution in [-0.4, -0.2) is 30.8 Å². The van der Waals surface area contributed by atoms with E-state index in [0.29, 0.717) is 18.7 Å². The van der Waals surface area contributed by atoms with Gasteiger partial charge >= 0.3 is 12.1 Å². The van der Waals surface area contributed by atoms with E-state index >= 15 is 0 Å². The van der Waals surface area contributed by atoms with Crippen LogP contribution in [0.3, 0.4) is 0 Å². The molecule has 3 rings (SSSR count). The third-order valence-corrected chi connectivity index (χ3v) is 4.87. The van der Waals surface area contributed by atoms with Crippen molar-refractivity contribution in [3.63, 3.8) is 0 Å². The molecule has 1 aliphatic carbocycles. The highest BCUT2D eigenvalue weighted by Gasteiger charge is 2.26. The Morgan fingerprint density at radius 2 is 1.79 bits per heavy atom. The van der Waals surface area contributed by atoms with Crippen molar-refractivity contribution in [2.75, 3.05) is 11.9 Å². The number of carbonyl (C=O) groups excluding carboxylic acids is 2. The number of ether oxygens (including phenoxy) is 1. The van der Waals surface area contributed by atoms with Crippen molar-refractivity contribution in [2.24, 2.45) is 0 Å². The molecule has 0 aromatic heterocycles. The summed E-state index contributed by atoms with van der Waals surface area (Å²) in [6, 6.07) is 15.2. The maximum absolute atomic E-state index is 12.9. The summed E-state index contributed by atoms with van der Waals surface area (Å²) in [5.74, 6) is -0.368. The molecule has 0 saturated heterocycles. The third kappa shape index (κ3) is 7.10. The summed E-state index contributed by atoms with van der Waals surface area (Å²) in [6.07, 6.45) is 2.98. The summed E-state index contributed by atoms with van der Waals surface area (Å²) in [7, 11) is 0. The lowest BCUT2D eigenvalue weighted by molar-refractivity contribution is 0.0776. The van der Waals surface area contributed by atoms with E-state index in [1.165, 1.54) is 29.8 Å². The van der Waals surface area contributed by atoms with E-state index in [9.17, 15) is 14.0 Å². The first-order chi connectivity index (χ1) is 14.1. The fraction of sp³-hybridized carbons (Fsp3) is 0.364. The van der Waals surface area contributed by atoms with Crippen molar-refractivity contribution in [2.45, 2.75) is 44.2 Å². The first-order valence-electron chi connectivity index (χ1n) is 9.90. The van der Waals surface area contributed by atoms with Gasteiger partial charge in [0.1, 0.15) is 11.9 Å². The zero-order chi connectivity index (χ0) is 20.5. The molecule has 1 aliphatic rings. The molecule has 2 atom stereocenters. The molecule has 29 heavy (non-hydrogen) atoms. The van der Waals surface area contributed by atoms with E-state index < -0.39 is 6.09 Å². The standard InChI is InChI=1S/C22H26FN3O3/c23-17-9-11-18(12-10-17)26-22(28)29-20-8-4-7-19(15-20)25-21(27)24-14-13-16-5-2-1-3-6-16/h1-3,5-6,9-12,19-20H,4,7-8,13-15H2,(H,26,28)(H2,24,25,27)/t19-,20-/m0/s1. The maximum Gasteiger partial charge on any atom is 0.411 e. The van der Waals surface area contributed by atoms with Crippen LogP contribution < -0.4 is 16.0 Å². The Morgan fingerprint density at radius 3 is 2.55 bits per heavy atom. The number of anilines is 1. The Hall–Kier alpha value is -3.09. The summed E-state index contributed by atoms with van der Waals surface area (Å²) < 4.78 is 18.4. The summed E-state index contributed by atoms with van der Waals surface area (Å²) in [5.41, 5.74) is 1.64. The van der Waals surface area contributed by atoms with Gasteiger partial charge in [0.15, 0.2) is 0 Å². The highest BCUT2D eigenvalue weighted by molar-refractivity contribution is 5.84. The molecule has 1 saturated carbocycles. The number of hydrogen-bond donors (Lipinski definition) is 3. The molecule has 3 amide bonds. The van der Waals surface area contributed by atoms with Gasteiger partial charge in [-0.1, -0.05) is 30.3 Å². The minimum absolute atomic E-state index is 0.0379. The second-order valence-electron chi connectivity index (χ2n) is 7.16. The quantitative estimate of drug-likeness (QED) is 0.680. The number of rotatable bonds is 6. The van der Waals surface area contributed by atoms with Gasteiger partial charge in [0.25, 0.3) is 0 Å². The lowest BCUT2D eigenvalue weighted by Crippen LogP contribution is -2.46. The monoisotopic (exact) mass is 399 g/mol. The molecule has 0 aliphatic heterocycles. The van der Waals surface area contributed by atoms with E-state index in [2.05, 4.69) is 16.0 Å². The van der Waals surface area contributed by atoms with Crippen molar-refractivity contribution in [1.29, 1.82) is 0 Å². The minimum atomic E-state index is -0.574. The van der Waals surface area contributed by atoms with Crippen molar-refractivity contribution in [1.82, 2.24) is 10.6 Å². The molecule has 0 radical (unpaired) electrons. The Balaban J connectivity index is 1.37. The third-order valence-electron chi connectivity index (χ3n) is 4.87. The van der Waals surface area contributed by atoms with Gasteiger partial charge in [-0.25, -0.2) is 14.0 Å². The normalized spacial score (nSPS) is 18.5. The van der Waals surface area contributed by atoms with Crippen LogP contribution in [0.15, 0.2) is 54.6 Å². The zero-order valence-electron chi connectivity index (χ0n) is 16.2. The number of carbonyl (C=O) groups is 2. The van der Waals surface area contributed by atoms with Crippen LogP contribution >= 0.6 is 0 Å². The van der Waals surface area contributed by atoms with E-state index in [0.717, 1.165) is 25.7 Å². The van der Waals surface area contributed by atoms with Gasteiger partial charge in [-0.15, -0.1) is 0 Å². The average Bonchev–Trinajstić information content (AvgIpc) is 2.71. The van der Waals surface area contributed by atoms with Gasteiger partial charge < -0.3 is 15.4 Å². The zero-order valence-corrected chi connectivity index (χ0v) is 16.2. The first kappa shape index (κ1) is 20.6. The van der Waals surface area contributed by atoms with Crippen LogP contribution in [0.1, 0.15) is 31.2 Å². The molecule has 1 fully saturated rings. The molecular weight excluding hydrogens is 373 g/mol. The topological polar surface area (TPSA) is 79.5 Å². The number of halogens is 1. The Labute approximate surface area is 169 Å². The number of amides is 3. The van der Waals surface area contributed by atoms with Crippen LogP contribution in [-0.2, 0) is 11.2 Å². The number of benzene rings is 2. The summed E-state index contributed by atoms with van der Waals surface area (Å²) in [4.78, 5) is 24.2. The van der Waals surface area contributed by atoms with Crippen molar-refractivity contribution < 1.29 is 18.7 Å². The first-order valence-corrected chi connectivity index (χ1v) is 9.90. The Bertz CT molecular complexity index is 799. The number of hydrogen-bond acceptors (Lipinski definition) is 3. The van der Waals surface area contributed by atoms with Crippen LogP contribution in [0.4, 0.5) is 19.7 Å². The van der Waals surface area contributed by atoms with Gasteiger partial charge in [-0.05, 0) is 55.5 Å². The van der Waals surface area contributed by atoms with Gasteiger partial charge in [0.05, 0.1) is 0 Å². The molecule has 0 spiro atoms. The van der Waals surface area contributed by atoms with Crippen molar-refractivity contribution in [3.05, 3.63) is 66.0 Å². The highest BCUT2D eigenvalue weighted by atomic mass is 19.1. The Kier molecular flexibility index (Phi) is 7.44. The van der Waals surface area contributed by atoms with Gasteiger partial charge in [-0.2, -0.15) is 0 Å². The predicted molar refractivity (Wildman–Crippen MR) is 109 cm³/mol. The second kappa shape index (κ2) is 10.5. The highest BCUT2D eigenvalue weighted by Crippen LogP contribution is 2.22. The molecule has 154 valence electrons. The van der Waals surface area contributed by atoms with Crippen LogP contribution in [0, 0.1) is 5.82 Å². The number of urea groups is 1. The molecule has 2 aromatic rings. The summed E-state index contributed by atoms with van der Waals surface area (Å²) >= 11 is 0. The van der Waals surface area contributed by atoms with E-state index in [1.54, 1.807) is 0 Å². The smallest absolute Gasteiger partial charge is 0.411 e. The second-order valence-corrected chi connectivity index (χ2v) is 7.16. The molecule has 6 nitrogen and oxygen atoms in total. The SMILES string of the molecule is O=C(NCCc1ccccc1)N[C@H]1CCC[C@H](OC(=O)Nc2ccc(F)cc2)C1. The molecular formula is C22H26FN3O3. The van der Waals surface area contributed by atoms with Gasteiger partial charge in [0, 0.05) is 24.7 Å². The minimum Gasteiger partial charge on any atom is -0.446 e. The van der Waals surface area contributed by atoms with Gasteiger partial charge in [-0.3, -0.25) is 5.32 Å². The van der Waals surface area contributed by atoms with Crippen LogP contribution in [0.2, 0.25) is 0 Å². The summed E-state index contributed by atoms with van der Waals surface area (Å²) in [5, 5.41) is 8.42. The van der Waals surface area contributed by atoms with Crippen LogP contribution in [0.25, 0.3) is 0 Å². The number of nitrogens with one attached hydrogen (secondary N) is 3. The molecule has 0 heterocycles. The largest absolute Gasteiger partial charge is 0.446 e. The maximum atomic E-state index is 12.9. The Morgan fingerprint density at radius 1 is 1.03 bits per heavy atom. The van der Waals surface area contributed by atoms with Crippen LogP contribution in [0.5, 0.6) is 0 Å². The van der Waals surface area contributed by atoms with Crippen molar-refractivity contribution >= 4 is 17.8 Å². The van der Waals surface area contributed by atoms with E-state index in [1.807, 2.05) is 30.3 Å². The lowest BCUT2D eigenvalue weighted by Gasteiger charge is -2.29. The molecule has 7 heteroatoms. The van der Waals surface area contributed by atoms with E-state index in [-0.39, 0.29) is 24.0 Å². The lowest BCUT2D eigenvalue weighted by atomic mass is 9.93.